The molecule has 1 saturated heterocycles. The zero-order chi connectivity index (χ0) is 21.2. The van der Waals surface area contributed by atoms with E-state index < -0.39 is 0 Å². The zero-order valence-corrected chi connectivity index (χ0v) is 17.4. The Kier molecular flexibility index (Phi) is 7.10. The van der Waals surface area contributed by atoms with E-state index in [1.807, 2.05) is 72.8 Å². The normalized spacial score (nSPS) is 16.4. The van der Waals surface area contributed by atoms with Crippen molar-refractivity contribution in [1.29, 1.82) is 0 Å². The van der Waals surface area contributed by atoms with E-state index >= 15 is 0 Å². The first-order chi connectivity index (χ1) is 15.2. The van der Waals surface area contributed by atoms with Crippen molar-refractivity contribution < 1.29 is 19.1 Å². The number of ether oxygens (including phenoxy) is 2. The molecule has 0 bridgehead atoms. The van der Waals surface area contributed by atoms with Crippen molar-refractivity contribution >= 4 is 63.8 Å². The van der Waals surface area contributed by atoms with Gasteiger partial charge in [0.25, 0.3) is 5.24 Å². The van der Waals surface area contributed by atoms with Crippen molar-refractivity contribution in [1.82, 2.24) is 5.32 Å². The minimum absolute atomic E-state index is 0. The first-order valence-electron chi connectivity index (χ1n) is 10.0. The molecule has 0 saturated carbocycles. The van der Waals surface area contributed by atoms with Crippen LogP contribution in [0.3, 0.4) is 0 Å². The van der Waals surface area contributed by atoms with Crippen molar-refractivity contribution in [2.24, 2.45) is 0 Å². The maximum absolute atomic E-state index is 11.7. The van der Waals surface area contributed by atoms with E-state index in [4.69, 9.17) is 9.47 Å². The van der Waals surface area contributed by atoms with Crippen LogP contribution in [0.15, 0.2) is 72.8 Å². The second-order valence-electron chi connectivity index (χ2n) is 7.27. The average Bonchev–Trinajstić information content (AvgIpc) is 3.11. The number of imide groups is 1. The Labute approximate surface area is 212 Å². The van der Waals surface area contributed by atoms with Crippen LogP contribution in [-0.4, -0.2) is 59.1 Å². The number of carbonyl (C=O) groups is 2. The molecule has 1 N–H and O–H groups in total. The summed E-state index contributed by atoms with van der Waals surface area (Å²) in [5, 5.41) is 1.68. The molecule has 3 aromatic rings. The number of hydrogen-bond donors (Lipinski definition) is 1. The molecular formula is C24H21N2NaO4S. The van der Waals surface area contributed by atoms with Gasteiger partial charge in [-0.25, -0.2) is 0 Å². The van der Waals surface area contributed by atoms with Gasteiger partial charge in [-0.2, -0.15) is 0 Å². The molecule has 0 spiro atoms. The van der Waals surface area contributed by atoms with Crippen molar-refractivity contribution in [2.45, 2.75) is 11.7 Å². The molecule has 1 unspecified atom stereocenters. The van der Waals surface area contributed by atoms with E-state index in [1.165, 1.54) is 0 Å². The SMILES string of the molecule is O=C1NC(=O)C(Cc2ccc(OCCN3c4ccccc4Oc4ccccc43)cc2)S1.[NaH]. The van der Waals surface area contributed by atoms with Gasteiger partial charge in [-0.1, -0.05) is 48.2 Å². The van der Waals surface area contributed by atoms with E-state index in [0.717, 1.165) is 45.9 Å². The van der Waals surface area contributed by atoms with E-state index in [2.05, 4.69) is 10.2 Å². The molecule has 1 fully saturated rings. The molecule has 5 rings (SSSR count). The monoisotopic (exact) mass is 456 g/mol. The van der Waals surface area contributed by atoms with E-state index in [-0.39, 0.29) is 46.0 Å². The number of amides is 2. The number of hydrogen-bond acceptors (Lipinski definition) is 6. The summed E-state index contributed by atoms with van der Waals surface area (Å²) in [4.78, 5) is 25.2. The van der Waals surface area contributed by atoms with E-state index in [9.17, 15) is 9.59 Å². The predicted molar refractivity (Wildman–Crippen MR) is 128 cm³/mol. The van der Waals surface area contributed by atoms with Crippen molar-refractivity contribution in [3.05, 3.63) is 78.4 Å². The van der Waals surface area contributed by atoms with Crippen LogP contribution in [0.5, 0.6) is 17.2 Å². The molecule has 1 atom stereocenters. The summed E-state index contributed by atoms with van der Waals surface area (Å²) in [6.07, 6.45) is 0.518. The molecule has 32 heavy (non-hydrogen) atoms. The van der Waals surface area contributed by atoms with Crippen LogP contribution in [-0.2, 0) is 11.2 Å². The molecule has 2 aliphatic heterocycles. The molecule has 3 aromatic carbocycles. The topological polar surface area (TPSA) is 67.9 Å². The fourth-order valence-corrected chi connectivity index (χ4v) is 4.60. The van der Waals surface area contributed by atoms with E-state index in [1.54, 1.807) is 0 Å². The van der Waals surface area contributed by atoms with Gasteiger partial charge in [-0.15, -0.1) is 0 Å². The summed E-state index contributed by atoms with van der Waals surface area (Å²) in [5.41, 5.74) is 3.02. The molecule has 2 amide bonds. The molecule has 2 heterocycles. The van der Waals surface area contributed by atoms with Crippen LogP contribution in [0.25, 0.3) is 0 Å². The van der Waals surface area contributed by atoms with Gasteiger partial charge in [-0.05, 0) is 48.4 Å². The Hall–Kier alpha value is -2.45. The number of thioether (sulfide) groups is 1. The number of anilines is 2. The first-order valence-corrected chi connectivity index (χ1v) is 10.9. The third kappa shape index (κ3) is 4.81. The van der Waals surface area contributed by atoms with Gasteiger partial charge >= 0.3 is 29.6 Å². The number of benzene rings is 3. The van der Waals surface area contributed by atoms with Crippen LogP contribution in [0.1, 0.15) is 5.56 Å². The second kappa shape index (κ2) is 10.0. The maximum atomic E-state index is 11.7. The Morgan fingerprint density at radius 3 is 2.12 bits per heavy atom. The number of nitrogens with zero attached hydrogens (tertiary/aromatic N) is 1. The number of nitrogens with one attached hydrogen (secondary N) is 1. The Balaban J connectivity index is 0.00000245. The molecule has 158 valence electrons. The Morgan fingerprint density at radius 2 is 1.53 bits per heavy atom. The Morgan fingerprint density at radius 1 is 0.906 bits per heavy atom. The summed E-state index contributed by atoms with van der Waals surface area (Å²) < 4.78 is 12.0. The van der Waals surface area contributed by atoms with Gasteiger partial charge in [-0.3, -0.25) is 14.9 Å². The van der Waals surface area contributed by atoms with Gasteiger partial charge < -0.3 is 14.4 Å². The summed E-state index contributed by atoms with van der Waals surface area (Å²) >= 11 is 1.04. The third-order valence-corrected chi connectivity index (χ3v) is 6.21. The molecule has 2 aliphatic rings. The molecular weight excluding hydrogens is 435 g/mol. The molecule has 8 heteroatoms. The number of carbonyl (C=O) groups excluding carboxylic acids is 2. The predicted octanol–water partition coefficient (Wildman–Crippen LogP) is 4.26. The van der Waals surface area contributed by atoms with Crippen molar-refractivity contribution in [3.63, 3.8) is 0 Å². The summed E-state index contributed by atoms with van der Waals surface area (Å²) in [7, 11) is 0. The van der Waals surface area contributed by atoms with Gasteiger partial charge in [0.1, 0.15) is 12.4 Å². The standard InChI is InChI=1S/C24H20N2O4S.Na.H/c27-23-22(31-24(28)25-23)15-16-9-11-17(12-10-16)29-14-13-26-18-5-1-3-7-20(18)30-21-8-4-2-6-19(21)26;;/h1-12,22H,13-15H2,(H,25,27,28);;. The van der Waals surface area contributed by atoms with E-state index in [0.29, 0.717) is 19.6 Å². The molecule has 0 aliphatic carbocycles. The third-order valence-electron chi connectivity index (χ3n) is 5.23. The van der Waals surface area contributed by atoms with Crippen molar-refractivity contribution in [2.75, 3.05) is 18.1 Å². The fourth-order valence-electron chi connectivity index (χ4n) is 3.74. The van der Waals surface area contributed by atoms with Crippen LogP contribution < -0.4 is 19.7 Å². The Bertz CT molecular complexity index is 1090. The van der Waals surface area contributed by atoms with Gasteiger partial charge in [0.15, 0.2) is 11.5 Å². The van der Waals surface area contributed by atoms with Crippen LogP contribution in [0.4, 0.5) is 16.2 Å². The number of para-hydroxylation sites is 4. The number of fused-ring (bicyclic) bond motifs is 2. The van der Waals surface area contributed by atoms with Gasteiger partial charge in [0.05, 0.1) is 23.2 Å². The molecule has 0 aromatic heterocycles. The van der Waals surface area contributed by atoms with Crippen LogP contribution in [0.2, 0.25) is 0 Å². The second-order valence-corrected chi connectivity index (χ2v) is 8.44. The summed E-state index contributed by atoms with van der Waals surface area (Å²) in [6.45, 7) is 1.16. The summed E-state index contributed by atoms with van der Waals surface area (Å²) in [6, 6.07) is 23.6. The van der Waals surface area contributed by atoms with Gasteiger partial charge in [0, 0.05) is 0 Å². The number of rotatable bonds is 6. The minimum atomic E-state index is -0.360. The first kappa shape index (κ1) is 22.7. The fraction of sp³-hybridized carbons (Fsp3) is 0.167. The van der Waals surface area contributed by atoms with Crippen molar-refractivity contribution in [3.8, 4) is 17.2 Å². The van der Waals surface area contributed by atoms with Crippen LogP contribution >= 0.6 is 11.8 Å². The molecule has 0 radical (unpaired) electrons. The quantitative estimate of drug-likeness (QED) is 0.560. The van der Waals surface area contributed by atoms with Crippen LogP contribution in [0, 0.1) is 0 Å². The zero-order valence-electron chi connectivity index (χ0n) is 16.6. The molecule has 6 nitrogen and oxygen atoms in total. The summed E-state index contributed by atoms with van der Waals surface area (Å²) in [5.74, 6) is 2.20. The van der Waals surface area contributed by atoms with Gasteiger partial charge in [0.2, 0.25) is 5.91 Å². The average molecular weight is 456 g/mol.